The van der Waals surface area contributed by atoms with Gasteiger partial charge < -0.3 is 19.7 Å². The highest BCUT2D eigenvalue weighted by molar-refractivity contribution is 5.78. The van der Waals surface area contributed by atoms with E-state index in [0.717, 1.165) is 6.42 Å². The van der Waals surface area contributed by atoms with Gasteiger partial charge in [-0.25, -0.2) is 0 Å². The molecule has 0 aliphatic rings. The highest BCUT2D eigenvalue weighted by atomic mass is 16.5. The van der Waals surface area contributed by atoms with Crippen LogP contribution in [0, 0.1) is 0 Å². The number of hydrogen-bond donors (Lipinski definition) is 1. The van der Waals surface area contributed by atoms with E-state index in [1.807, 2.05) is 24.3 Å². The van der Waals surface area contributed by atoms with Gasteiger partial charge in [0.15, 0.2) is 6.61 Å². The lowest BCUT2D eigenvalue weighted by atomic mass is 10.2. The fraction of sp³-hybridized carbons (Fsp3) is 0.526. The molecule has 0 radical (unpaired) electrons. The topological polar surface area (TPSA) is 84.9 Å². The third-order valence-electron chi connectivity index (χ3n) is 3.84. The van der Waals surface area contributed by atoms with Gasteiger partial charge in [-0.1, -0.05) is 19.1 Å². The van der Waals surface area contributed by atoms with E-state index in [0.29, 0.717) is 25.3 Å². The predicted octanol–water partition coefficient (Wildman–Crippen LogP) is 1.55. The molecule has 0 heterocycles. The van der Waals surface area contributed by atoms with Crippen LogP contribution in [0.3, 0.4) is 0 Å². The van der Waals surface area contributed by atoms with E-state index in [-0.39, 0.29) is 37.4 Å². The van der Waals surface area contributed by atoms with Crippen LogP contribution in [0.1, 0.15) is 32.3 Å². The van der Waals surface area contributed by atoms with E-state index in [1.54, 1.807) is 4.90 Å². The number of esters is 1. The van der Waals surface area contributed by atoms with Crippen LogP contribution in [0.25, 0.3) is 0 Å². The van der Waals surface area contributed by atoms with Gasteiger partial charge in [0.1, 0.15) is 5.75 Å². The number of carbonyl (C=O) groups is 3. The second-order valence-corrected chi connectivity index (χ2v) is 5.83. The van der Waals surface area contributed by atoms with Crippen molar-refractivity contribution < 1.29 is 23.9 Å². The van der Waals surface area contributed by atoms with Gasteiger partial charge >= 0.3 is 5.97 Å². The molecule has 1 rings (SSSR count). The molecule has 0 unspecified atom stereocenters. The Morgan fingerprint density at radius 2 is 1.81 bits per heavy atom. The number of amides is 2. The number of benzene rings is 1. The second-order valence-electron chi connectivity index (χ2n) is 5.83. The Kier molecular flexibility index (Phi) is 9.82. The van der Waals surface area contributed by atoms with Crippen molar-refractivity contribution in [3.8, 4) is 5.75 Å². The van der Waals surface area contributed by atoms with Crippen LogP contribution in [0.15, 0.2) is 24.3 Å². The van der Waals surface area contributed by atoms with Crippen LogP contribution >= 0.6 is 0 Å². The van der Waals surface area contributed by atoms with Gasteiger partial charge in [-0.05, 0) is 30.5 Å². The van der Waals surface area contributed by atoms with Gasteiger partial charge in [0.2, 0.25) is 5.91 Å². The molecule has 0 saturated heterocycles. The summed E-state index contributed by atoms with van der Waals surface area (Å²) in [5, 5.41) is 2.68. The summed E-state index contributed by atoms with van der Waals surface area (Å²) < 4.78 is 10.2. The number of aryl methyl sites for hydroxylation is 1. The summed E-state index contributed by atoms with van der Waals surface area (Å²) in [4.78, 5) is 36.2. The monoisotopic (exact) mass is 364 g/mol. The van der Waals surface area contributed by atoms with E-state index in [1.165, 1.54) is 19.6 Å². The van der Waals surface area contributed by atoms with Crippen molar-refractivity contribution in [2.24, 2.45) is 0 Å². The van der Waals surface area contributed by atoms with Gasteiger partial charge in [0.05, 0.1) is 13.5 Å². The number of rotatable bonds is 11. The van der Waals surface area contributed by atoms with Crippen molar-refractivity contribution in [3.63, 3.8) is 0 Å². The molecule has 144 valence electrons. The zero-order chi connectivity index (χ0) is 19.4. The standard InChI is InChI=1S/C19H28N2O5/c1-4-16-6-8-17(9-7-16)26-14-18(23)21(13-10-19(24)25-3)12-5-11-20-15(2)22/h6-9H,4-5,10-14H2,1-3H3,(H,20,22). The SMILES string of the molecule is CCc1ccc(OCC(=O)N(CCCNC(C)=O)CCC(=O)OC)cc1. The van der Waals surface area contributed by atoms with Gasteiger partial charge in [-0.3, -0.25) is 14.4 Å². The molecule has 0 aromatic heterocycles. The fourth-order valence-corrected chi connectivity index (χ4v) is 2.28. The van der Waals surface area contributed by atoms with Crippen LogP contribution in [0.5, 0.6) is 5.75 Å². The van der Waals surface area contributed by atoms with Crippen LogP contribution in [-0.2, 0) is 25.5 Å². The maximum atomic E-state index is 12.4. The van der Waals surface area contributed by atoms with Crippen molar-refractivity contribution in [1.82, 2.24) is 10.2 Å². The summed E-state index contributed by atoms with van der Waals surface area (Å²) in [7, 11) is 1.31. The highest BCUT2D eigenvalue weighted by Gasteiger charge is 2.16. The Labute approximate surface area is 154 Å². The molecule has 2 amide bonds. The van der Waals surface area contributed by atoms with E-state index in [9.17, 15) is 14.4 Å². The van der Waals surface area contributed by atoms with E-state index >= 15 is 0 Å². The Morgan fingerprint density at radius 3 is 2.38 bits per heavy atom. The number of methoxy groups -OCH3 is 1. The van der Waals surface area contributed by atoms with Gasteiger partial charge in [0.25, 0.3) is 5.91 Å². The molecule has 7 nitrogen and oxygen atoms in total. The average molecular weight is 364 g/mol. The van der Waals surface area contributed by atoms with Crippen LogP contribution in [0.2, 0.25) is 0 Å². The van der Waals surface area contributed by atoms with Gasteiger partial charge in [0, 0.05) is 26.6 Å². The Hall–Kier alpha value is -2.57. The number of hydrogen-bond acceptors (Lipinski definition) is 5. The van der Waals surface area contributed by atoms with E-state index in [4.69, 9.17) is 4.74 Å². The first-order chi connectivity index (χ1) is 12.5. The lowest BCUT2D eigenvalue weighted by Gasteiger charge is -2.22. The minimum atomic E-state index is -0.374. The molecule has 26 heavy (non-hydrogen) atoms. The fourth-order valence-electron chi connectivity index (χ4n) is 2.28. The molecular formula is C19H28N2O5. The van der Waals surface area contributed by atoms with Gasteiger partial charge in [-0.2, -0.15) is 0 Å². The first-order valence-electron chi connectivity index (χ1n) is 8.77. The first kappa shape index (κ1) is 21.5. The molecule has 1 N–H and O–H groups in total. The summed E-state index contributed by atoms with van der Waals surface area (Å²) in [5.74, 6) is -0.0740. The zero-order valence-electron chi connectivity index (χ0n) is 15.7. The normalized spacial score (nSPS) is 10.1. The predicted molar refractivity (Wildman–Crippen MR) is 97.8 cm³/mol. The Bertz CT molecular complexity index is 586. The molecule has 0 bridgehead atoms. The maximum absolute atomic E-state index is 12.4. The molecular weight excluding hydrogens is 336 g/mol. The lowest BCUT2D eigenvalue weighted by molar-refractivity contribution is -0.142. The third-order valence-corrected chi connectivity index (χ3v) is 3.84. The quantitative estimate of drug-likeness (QED) is 0.476. The van der Waals surface area contributed by atoms with Crippen molar-refractivity contribution in [1.29, 1.82) is 0 Å². The first-order valence-corrected chi connectivity index (χ1v) is 8.77. The van der Waals surface area contributed by atoms with E-state index in [2.05, 4.69) is 17.0 Å². The van der Waals surface area contributed by atoms with Crippen LogP contribution in [-0.4, -0.2) is 56.0 Å². The maximum Gasteiger partial charge on any atom is 0.307 e. The highest BCUT2D eigenvalue weighted by Crippen LogP contribution is 2.12. The van der Waals surface area contributed by atoms with Crippen LogP contribution in [0.4, 0.5) is 0 Å². The summed E-state index contributed by atoms with van der Waals surface area (Å²) >= 11 is 0. The number of carbonyl (C=O) groups excluding carboxylic acids is 3. The minimum Gasteiger partial charge on any atom is -0.484 e. The van der Waals surface area contributed by atoms with Gasteiger partial charge in [-0.15, -0.1) is 0 Å². The molecule has 0 spiro atoms. The molecule has 0 fully saturated rings. The molecule has 0 aliphatic heterocycles. The average Bonchev–Trinajstić information content (AvgIpc) is 2.65. The van der Waals surface area contributed by atoms with E-state index < -0.39 is 0 Å². The third kappa shape index (κ3) is 8.50. The molecule has 1 aromatic carbocycles. The van der Waals surface area contributed by atoms with Crippen molar-refractivity contribution in [3.05, 3.63) is 29.8 Å². The molecule has 1 aromatic rings. The second kappa shape index (κ2) is 11.9. The van der Waals surface area contributed by atoms with Crippen LogP contribution < -0.4 is 10.1 Å². The summed E-state index contributed by atoms with van der Waals surface area (Å²) in [6.07, 6.45) is 1.65. The lowest BCUT2D eigenvalue weighted by Crippen LogP contribution is -2.38. The smallest absolute Gasteiger partial charge is 0.307 e. The Morgan fingerprint density at radius 1 is 1.12 bits per heavy atom. The summed E-state index contributed by atoms with van der Waals surface area (Å²) in [6, 6.07) is 7.59. The van der Waals surface area contributed by atoms with Crippen molar-refractivity contribution in [2.45, 2.75) is 33.1 Å². The minimum absolute atomic E-state index is 0.104. The van der Waals surface area contributed by atoms with Crippen molar-refractivity contribution >= 4 is 17.8 Å². The molecule has 0 atom stereocenters. The van der Waals surface area contributed by atoms with Crippen molar-refractivity contribution in [2.75, 3.05) is 33.4 Å². The number of nitrogens with one attached hydrogen (secondary N) is 1. The molecule has 0 aliphatic carbocycles. The summed E-state index contributed by atoms with van der Waals surface area (Å²) in [5.41, 5.74) is 1.20. The number of ether oxygens (including phenoxy) is 2. The summed E-state index contributed by atoms with van der Waals surface area (Å²) in [6.45, 7) is 4.55. The Balaban J connectivity index is 2.53. The molecule has 0 saturated carbocycles. The number of nitrogens with zero attached hydrogens (tertiary/aromatic N) is 1. The zero-order valence-corrected chi connectivity index (χ0v) is 15.7. The molecule has 7 heteroatoms. The largest absolute Gasteiger partial charge is 0.484 e.